The average molecular weight is 335 g/mol. The number of carbonyl (C=O) groups is 1. The summed E-state index contributed by atoms with van der Waals surface area (Å²) in [6, 6.07) is 0. The number of fused-ring (bicyclic) bond motifs is 1. The second kappa shape index (κ2) is 6.54. The van der Waals surface area contributed by atoms with Crippen molar-refractivity contribution in [3.63, 3.8) is 0 Å². The number of thioether (sulfide) groups is 1. The van der Waals surface area contributed by atoms with Gasteiger partial charge in [-0.05, 0) is 45.6 Å². The fourth-order valence-electron chi connectivity index (χ4n) is 2.83. The van der Waals surface area contributed by atoms with Gasteiger partial charge in [0, 0.05) is 23.4 Å². The molecule has 0 aliphatic carbocycles. The highest BCUT2D eigenvalue weighted by Gasteiger charge is 2.24. The molecule has 118 valence electrons. The zero-order valence-corrected chi connectivity index (χ0v) is 14.9. The van der Waals surface area contributed by atoms with Crippen LogP contribution in [0.15, 0.2) is 11.4 Å². The number of nitrogens with zero attached hydrogens (tertiary/aromatic N) is 3. The number of thiophene rings is 1. The van der Waals surface area contributed by atoms with Crippen LogP contribution in [0, 0.1) is 13.8 Å². The summed E-state index contributed by atoms with van der Waals surface area (Å²) >= 11 is 3.26. The molecule has 0 unspecified atom stereocenters. The fourth-order valence-corrected chi connectivity index (χ4v) is 4.95. The Hall–Kier alpha value is -1.14. The van der Waals surface area contributed by atoms with Gasteiger partial charge in [0.1, 0.15) is 16.2 Å². The van der Waals surface area contributed by atoms with E-state index in [1.54, 1.807) is 29.4 Å². The Balaban J connectivity index is 1.81. The van der Waals surface area contributed by atoms with Crippen LogP contribution in [-0.4, -0.2) is 39.1 Å². The minimum absolute atomic E-state index is 0.101. The van der Waals surface area contributed by atoms with E-state index in [-0.39, 0.29) is 11.2 Å². The molecule has 0 spiro atoms. The molecule has 0 N–H and O–H groups in total. The lowest BCUT2D eigenvalue weighted by Crippen LogP contribution is -2.40. The first-order valence-electron chi connectivity index (χ1n) is 7.74. The molecule has 1 amide bonds. The van der Waals surface area contributed by atoms with Gasteiger partial charge < -0.3 is 4.90 Å². The fraction of sp³-hybridized carbons (Fsp3) is 0.562. The average Bonchev–Trinajstić information content (AvgIpc) is 2.83. The van der Waals surface area contributed by atoms with Crippen LogP contribution >= 0.6 is 23.1 Å². The van der Waals surface area contributed by atoms with Gasteiger partial charge in [0.25, 0.3) is 0 Å². The zero-order valence-electron chi connectivity index (χ0n) is 13.3. The number of aromatic nitrogens is 2. The van der Waals surface area contributed by atoms with Crippen molar-refractivity contribution in [3.05, 3.63) is 16.8 Å². The second-order valence-electron chi connectivity index (χ2n) is 5.79. The van der Waals surface area contributed by atoms with Gasteiger partial charge in [-0.2, -0.15) is 0 Å². The molecule has 0 aromatic carbocycles. The van der Waals surface area contributed by atoms with Crippen molar-refractivity contribution >= 4 is 39.2 Å². The summed E-state index contributed by atoms with van der Waals surface area (Å²) in [5, 5.41) is 1.95. The van der Waals surface area contributed by atoms with Crippen molar-refractivity contribution in [1.29, 1.82) is 0 Å². The molecular formula is C16H21N3OS2. The summed E-state index contributed by atoms with van der Waals surface area (Å²) in [5.74, 6) is 0.237. The molecule has 3 heterocycles. The third kappa shape index (κ3) is 2.99. The van der Waals surface area contributed by atoms with Gasteiger partial charge in [0.2, 0.25) is 5.91 Å². The van der Waals surface area contributed by atoms with E-state index in [1.165, 1.54) is 16.9 Å². The molecule has 1 atom stereocenters. The topological polar surface area (TPSA) is 46.1 Å². The van der Waals surface area contributed by atoms with Gasteiger partial charge in [-0.15, -0.1) is 11.3 Å². The molecule has 1 aliphatic rings. The predicted molar refractivity (Wildman–Crippen MR) is 92.6 cm³/mol. The molecule has 0 radical (unpaired) electrons. The smallest absolute Gasteiger partial charge is 0.235 e. The zero-order chi connectivity index (χ0) is 15.7. The van der Waals surface area contributed by atoms with Crippen molar-refractivity contribution in [3.8, 4) is 0 Å². The van der Waals surface area contributed by atoms with E-state index < -0.39 is 0 Å². The minimum Gasteiger partial charge on any atom is -0.342 e. The second-order valence-corrected chi connectivity index (χ2v) is 8.32. The van der Waals surface area contributed by atoms with Crippen LogP contribution in [0.3, 0.4) is 0 Å². The molecule has 4 nitrogen and oxygen atoms in total. The predicted octanol–water partition coefficient (Wildman–Crippen LogP) is 3.80. The highest BCUT2D eigenvalue weighted by Crippen LogP contribution is 2.36. The van der Waals surface area contributed by atoms with Crippen LogP contribution in [-0.2, 0) is 4.79 Å². The number of piperidine rings is 1. The number of rotatable bonds is 3. The maximum Gasteiger partial charge on any atom is 0.235 e. The minimum atomic E-state index is -0.101. The van der Waals surface area contributed by atoms with E-state index >= 15 is 0 Å². The van der Waals surface area contributed by atoms with Crippen LogP contribution in [0.5, 0.6) is 0 Å². The molecule has 6 heteroatoms. The Morgan fingerprint density at radius 1 is 1.27 bits per heavy atom. The Bertz CT molecular complexity index is 692. The molecule has 22 heavy (non-hydrogen) atoms. The van der Waals surface area contributed by atoms with Crippen molar-refractivity contribution in [2.75, 3.05) is 13.1 Å². The highest BCUT2D eigenvalue weighted by molar-refractivity contribution is 8.00. The van der Waals surface area contributed by atoms with Crippen LogP contribution in [0.4, 0.5) is 0 Å². The molecular weight excluding hydrogens is 314 g/mol. The third-order valence-electron chi connectivity index (χ3n) is 4.23. The van der Waals surface area contributed by atoms with Gasteiger partial charge in [-0.25, -0.2) is 9.97 Å². The number of amides is 1. The Morgan fingerprint density at radius 2 is 2.00 bits per heavy atom. The van der Waals surface area contributed by atoms with Crippen molar-refractivity contribution in [2.24, 2.45) is 0 Å². The first-order valence-corrected chi connectivity index (χ1v) is 9.43. The number of likely N-dealkylation sites (tertiary alicyclic amines) is 1. The highest BCUT2D eigenvalue weighted by atomic mass is 32.2. The van der Waals surface area contributed by atoms with Gasteiger partial charge in [-0.3, -0.25) is 4.79 Å². The third-order valence-corrected chi connectivity index (χ3v) is 6.44. The maximum absolute atomic E-state index is 12.6. The Morgan fingerprint density at radius 3 is 2.73 bits per heavy atom. The van der Waals surface area contributed by atoms with Crippen LogP contribution < -0.4 is 0 Å². The van der Waals surface area contributed by atoms with Crippen LogP contribution in [0.1, 0.15) is 36.6 Å². The maximum atomic E-state index is 12.6. The molecule has 1 saturated heterocycles. The lowest BCUT2D eigenvalue weighted by atomic mass is 10.1. The Kier molecular flexibility index (Phi) is 4.68. The standard InChI is InChI=1S/C16H21N3OS2/c1-10-11(2)21-14-13(10)15(18-9-17-14)22-12(3)16(20)19-7-5-4-6-8-19/h9,12H,4-8H2,1-3H3/t12-/m1/s1. The summed E-state index contributed by atoms with van der Waals surface area (Å²) in [6.07, 6.45) is 5.11. The van der Waals surface area contributed by atoms with Crippen molar-refractivity contribution in [2.45, 2.75) is 50.3 Å². The van der Waals surface area contributed by atoms with Gasteiger partial charge in [0.05, 0.1) is 5.25 Å². The van der Waals surface area contributed by atoms with Crippen molar-refractivity contribution < 1.29 is 4.79 Å². The van der Waals surface area contributed by atoms with E-state index in [0.717, 1.165) is 41.2 Å². The van der Waals surface area contributed by atoms with Crippen LogP contribution in [0.2, 0.25) is 0 Å². The monoisotopic (exact) mass is 335 g/mol. The van der Waals surface area contributed by atoms with E-state index in [4.69, 9.17) is 0 Å². The Labute approximate surface area is 139 Å². The van der Waals surface area contributed by atoms with Gasteiger partial charge in [0.15, 0.2) is 0 Å². The van der Waals surface area contributed by atoms with E-state index in [9.17, 15) is 4.79 Å². The normalized spacial score (nSPS) is 17.0. The van der Waals surface area contributed by atoms with Gasteiger partial charge in [-0.1, -0.05) is 11.8 Å². The first kappa shape index (κ1) is 15.7. The van der Waals surface area contributed by atoms with Gasteiger partial charge >= 0.3 is 0 Å². The molecule has 0 saturated carbocycles. The summed E-state index contributed by atoms with van der Waals surface area (Å²) in [5.41, 5.74) is 1.24. The number of aryl methyl sites for hydroxylation is 2. The van der Waals surface area contributed by atoms with Crippen molar-refractivity contribution in [1.82, 2.24) is 14.9 Å². The molecule has 2 aromatic heterocycles. The number of carbonyl (C=O) groups excluding carboxylic acids is 1. The molecule has 2 aromatic rings. The lowest BCUT2D eigenvalue weighted by molar-refractivity contribution is -0.131. The molecule has 1 fully saturated rings. The number of hydrogen-bond donors (Lipinski definition) is 0. The lowest BCUT2D eigenvalue weighted by Gasteiger charge is -2.28. The summed E-state index contributed by atoms with van der Waals surface area (Å²) in [4.78, 5) is 25.7. The van der Waals surface area contributed by atoms with E-state index in [2.05, 4.69) is 23.8 Å². The summed E-state index contributed by atoms with van der Waals surface area (Å²) in [6.45, 7) is 8.01. The van der Waals surface area contributed by atoms with Crippen LogP contribution in [0.25, 0.3) is 10.2 Å². The van der Waals surface area contributed by atoms with E-state index in [0.29, 0.717) is 0 Å². The number of hydrogen-bond acceptors (Lipinski definition) is 5. The molecule has 0 bridgehead atoms. The summed E-state index contributed by atoms with van der Waals surface area (Å²) in [7, 11) is 0. The van der Waals surface area contributed by atoms with E-state index in [1.807, 2.05) is 11.8 Å². The summed E-state index contributed by atoms with van der Waals surface area (Å²) < 4.78 is 0. The quantitative estimate of drug-likeness (QED) is 0.632. The SMILES string of the molecule is Cc1sc2ncnc(S[C@H](C)C(=O)N3CCCCC3)c2c1C. The molecule has 3 rings (SSSR count). The molecule has 1 aliphatic heterocycles. The first-order chi connectivity index (χ1) is 10.6. The largest absolute Gasteiger partial charge is 0.342 e.